The molecule has 2 rings (SSSR count). The van der Waals surface area contributed by atoms with Gasteiger partial charge < -0.3 is 11.1 Å². The summed E-state index contributed by atoms with van der Waals surface area (Å²) in [6, 6.07) is 3.79. The molecule has 3 nitrogen and oxygen atoms in total. The van der Waals surface area contributed by atoms with E-state index in [0.29, 0.717) is 11.4 Å². The number of hydrogen-bond acceptors (Lipinski definition) is 3. The summed E-state index contributed by atoms with van der Waals surface area (Å²) >= 11 is 0. The highest BCUT2D eigenvalue weighted by molar-refractivity contribution is 5.92. The predicted octanol–water partition coefficient (Wildman–Crippen LogP) is 2.86. The number of rotatable bonds is 1. The maximum atomic E-state index is 12.5. The van der Waals surface area contributed by atoms with Crippen LogP contribution in [-0.4, -0.2) is 18.0 Å². The van der Waals surface area contributed by atoms with Crippen LogP contribution in [0.3, 0.4) is 0 Å². The number of anilines is 2. The lowest BCUT2D eigenvalue weighted by Crippen LogP contribution is -2.46. The van der Waals surface area contributed by atoms with E-state index in [1.807, 2.05) is 13.8 Å². The van der Waals surface area contributed by atoms with Crippen molar-refractivity contribution < 1.29 is 18.0 Å². The highest BCUT2D eigenvalue weighted by atomic mass is 19.4. The number of nitrogens with one attached hydrogen (secondary N) is 1. The first kappa shape index (κ1) is 13.7. The number of hydrogen-bond donors (Lipinski definition) is 2. The van der Waals surface area contributed by atoms with Gasteiger partial charge in [-0.25, -0.2) is 0 Å². The van der Waals surface area contributed by atoms with E-state index in [1.165, 1.54) is 0 Å². The quantitative estimate of drug-likeness (QED) is 0.773. The van der Waals surface area contributed by atoms with Gasteiger partial charge in [-0.05, 0) is 29.5 Å². The molecule has 0 bridgehead atoms. The molecular formula is C13H15F3N2O. The maximum absolute atomic E-state index is 12.5. The van der Waals surface area contributed by atoms with E-state index in [0.717, 1.165) is 5.56 Å². The minimum absolute atomic E-state index is 0.0995. The number of nitrogens with two attached hydrogens (primary N) is 1. The Bertz CT molecular complexity index is 523. The Hall–Kier alpha value is -1.72. The van der Waals surface area contributed by atoms with Gasteiger partial charge in [-0.15, -0.1) is 0 Å². The van der Waals surface area contributed by atoms with Gasteiger partial charge in [0.1, 0.15) is 0 Å². The molecule has 1 aromatic carbocycles. The van der Waals surface area contributed by atoms with Crippen LogP contribution in [0.1, 0.15) is 25.8 Å². The van der Waals surface area contributed by atoms with Gasteiger partial charge in [-0.2, -0.15) is 13.2 Å². The Kier molecular flexibility index (Phi) is 2.99. The van der Waals surface area contributed by atoms with Gasteiger partial charge in [0.15, 0.2) is 0 Å². The van der Waals surface area contributed by atoms with Crippen molar-refractivity contribution in [2.45, 2.75) is 37.9 Å². The van der Waals surface area contributed by atoms with Crippen molar-refractivity contribution in [1.82, 2.24) is 0 Å². The van der Waals surface area contributed by atoms with Crippen molar-refractivity contribution in [3.63, 3.8) is 0 Å². The van der Waals surface area contributed by atoms with E-state index in [2.05, 4.69) is 5.32 Å². The number of ketones is 1. The highest BCUT2D eigenvalue weighted by Crippen LogP contribution is 2.41. The number of benzene rings is 1. The van der Waals surface area contributed by atoms with Crippen LogP contribution in [0.25, 0.3) is 0 Å². The van der Waals surface area contributed by atoms with Crippen molar-refractivity contribution in [1.29, 1.82) is 0 Å². The predicted molar refractivity (Wildman–Crippen MR) is 67.0 cm³/mol. The second-order valence-electron chi connectivity index (χ2n) is 5.45. The third-order valence-electron chi connectivity index (χ3n) is 3.41. The second-order valence-corrected chi connectivity index (χ2v) is 5.45. The van der Waals surface area contributed by atoms with Gasteiger partial charge >= 0.3 is 6.18 Å². The zero-order valence-electron chi connectivity index (χ0n) is 10.6. The first-order valence-corrected chi connectivity index (χ1v) is 5.89. The number of carbonyl (C=O) groups is 1. The third kappa shape index (κ3) is 2.52. The Morgan fingerprint density at radius 2 is 2.05 bits per heavy atom. The van der Waals surface area contributed by atoms with E-state index in [1.54, 1.807) is 18.2 Å². The summed E-state index contributed by atoms with van der Waals surface area (Å²) in [6.45, 7) is 3.64. The van der Waals surface area contributed by atoms with Crippen molar-refractivity contribution in [3.8, 4) is 0 Å². The zero-order chi connectivity index (χ0) is 14.4. The Balaban J connectivity index is 2.40. The van der Waals surface area contributed by atoms with Crippen LogP contribution >= 0.6 is 0 Å². The van der Waals surface area contributed by atoms with Crippen LogP contribution in [-0.2, 0) is 10.2 Å². The van der Waals surface area contributed by atoms with Gasteiger partial charge in [-0.3, -0.25) is 4.79 Å². The van der Waals surface area contributed by atoms with E-state index in [-0.39, 0.29) is 6.42 Å². The lowest BCUT2D eigenvalue weighted by molar-refractivity contribution is -0.172. The summed E-state index contributed by atoms with van der Waals surface area (Å²) in [5.74, 6) is -1.74. The molecule has 0 aliphatic carbocycles. The van der Waals surface area contributed by atoms with Crippen LogP contribution in [0.15, 0.2) is 18.2 Å². The van der Waals surface area contributed by atoms with E-state index in [9.17, 15) is 18.0 Å². The Labute approximate surface area is 109 Å². The van der Waals surface area contributed by atoms with Crippen LogP contribution in [0, 0.1) is 0 Å². The lowest BCUT2D eigenvalue weighted by atomic mass is 9.74. The summed E-state index contributed by atoms with van der Waals surface area (Å²) < 4.78 is 37.6. The van der Waals surface area contributed by atoms with Gasteiger partial charge in [0, 0.05) is 11.4 Å². The topological polar surface area (TPSA) is 55.1 Å². The van der Waals surface area contributed by atoms with Gasteiger partial charge in [0.05, 0.1) is 6.04 Å². The summed E-state index contributed by atoms with van der Waals surface area (Å²) in [7, 11) is 0. The molecule has 0 aromatic heterocycles. The van der Waals surface area contributed by atoms with Gasteiger partial charge in [0.25, 0.3) is 5.78 Å². The number of carbonyl (C=O) groups excluding carboxylic acids is 1. The number of halogens is 3. The average Bonchev–Trinajstić information content (AvgIpc) is 2.24. The van der Waals surface area contributed by atoms with Crippen molar-refractivity contribution in [2.24, 2.45) is 0 Å². The lowest BCUT2D eigenvalue weighted by Gasteiger charge is -2.38. The van der Waals surface area contributed by atoms with Crippen molar-refractivity contribution in [2.75, 3.05) is 11.1 Å². The van der Waals surface area contributed by atoms with Gasteiger partial charge in [-0.1, -0.05) is 19.9 Å². The smallest absolute Gasteiger partial charge is 0.399 e. The summed E-state index contributed by atoms with van der Waals surface area (Å²) in [5.41, 5.74) is 6.93. The minimum Gasteiger partial charge on any atom is -0.399 e. The van der Waals surface area contributed by atoms with Crippen molar-refractivity contribution >= 4 is 17.2 Å². The van der Waals surface area contributed by atoms with E-state index < -0.39 is 23.4 Å². The molecule has 1 aliphatic rings. The fourth-order valence-corrected chi connectivity index (χ4v) is 2.49. The normalized spacial score (nSPS) is 21.4. The molecule has 0 fully saturated rings. The van der Waals surface area contributed by atoms with E-state index in [4.69, 9.17) is 5.73 Å². The largest absolute Gasteiger partial charge is 0.452 e. The number of nitrogen functional groups attached to an aromatic ring is 1. The van der Waals surface area contributed by atoms with Crippen molar-refractivity contribution in [3.05, 3.63) is 23.8 Å². The molecule has 0 saturated carbocycles. The molecule has 1 unspecified atom stereocenters. The molecule has 1 aromatic rings. The highest BCUT2D eigenvalue weighted by Gasteiger charge is 2.47. The summed E-state index contributed by atoms with van der Waals surface area (Å²) in [5, 5.41) is 2.65. The molecule has 1 heterocycles. The molecule has 0 amide bonds. The fraction of sp³-hybridized carbons (Fsp3) is 0.462. The van der Waals surface area contributed by atoms with Crippen LogP contribution in [0.4, 0.5) is 24.5 Å². The molecule has 0 radical (unpaired) electrons. The first-order chi connectivity index (χ1) is 8.61. The molecule has 0 spiro atoms. The number of alkyl halides is 3. The minimum atomic E-state index is -4.83. The SMILES string of the molecule is CC1(C)CC(C(=O)C(F)(F)F)Nc2cc(N)ccc21. The molecule has 6 heteroatoms. The average molecular weight is 272 g/mol. The molecule has 19 heavy (non-hydrogen) atoms. The van der Waals surface area contributed by atoms with Crippen LogP contribution in [0.2, 0.25) is 0 Å². The van der Waals surface area contributed by atoms with Crippen LogP contribution in [0.5, 0.6) is 0 Å². The molecule has 0 saturated heterocycles. The molecule has 1 aliphatic heterocycles. The monoisotopic (exact) mass is 272 g/mol. The first-order valence-electron chi connectivity index (χ1n) is 5.89. The molecular weight excluding hydrogens is 257 g/mol. The second kappa shape index (κ2) is 4.15. The zero-order valence-corrected chi connectivity index (χ0v) is 10.6. The van der Waals surface area contributed by atoms with Gasteiger partial charge in [0.2, 0.25) is 0 Å². The standard InChI is InChI=1S/C13H15F3N2O/c1-12(2)6-10(11(19)13(14,15)16)18-9-5-7(17)3-4-8(9)12/h3-5,10,18H,6,17H2,1-2H3. The number of fused-ring (bicyclic) bond motifs is 1. The molecule has 3 N–H and O–H groups in total. The Morgan fingerprint density at radius 1 is 1.42 bits per heavy atom. The maximum Gasteiger partial charge on any atom is 0.452 e. The third-order valence-corrected chi connectivity index (χ3v) is 3.41. The Morgan fingerprint density at radius 3 is 2.63 bits per heavy atom. The van der Waals surface area contributed by atoms with Crippen LogP contribution < -0.4 is 11.1 Å². The molecule has 1 atom stereocenters. The summed E-state index contributed by atoms with van der Waals surface area (Å²) in [4.78, 5) is 11.4. The number of Topliss-reactive ketones (excluding diaryl/α,β-unsaturated/α-hetero) is 1. The van der Waals surface area contributed by atoms with E-state index >= 15 is 0 Å². The fourth-order valence-electron chi connectivity index (χ4n) is 2.49. The summed E-state index contributed by atoms with van der Waals surface area (Å²) in [6.07, 6.45) is -4.73. The molecule has 104 valence electrons.